The first-order valence-electron chi connectivity index (χ1n) is 3.53. The molecular weight excluding hydrogens is 152 g/mol. The van der Waals surface area contributed by atoms with Gasteiger partial charge < -0.3 is 5.11 Å². The lowest BCUT2D eigenvalue weighted by Crippen LogP contribution is -1.98. The van der Waals surface area contributed by atoms with E-state index in [0.29, 0.717) is 0 Å². The van der Waals surface area contributed by atoms with E-state index in [2.05, 4.69) is 11.8 Å². The van der Waals surface area contributed by atoms with Crippen LogP contribution < -0.4 is 0 Å². The summed E-state index contributed by atoms with van der Waals surface area (Å²) in [5.41, 5.74) is 0.777. The summed E-state index contributed by atoms with van der Waals surface area (Å²) in [5, 5.41) is 8.36. The van der Waals surface area contributed by atoms with Gasteiger partial charge in [-0.15, -0.1) is 0 Å². The SMILES string of the molecule is O=C(C#Cc1ccccc1)CO. The number of aliphatic hydroxyl groups is 1. The molecule has 0 saturated carbocycles. The third kappa shape index (κ3) is 2.57. The number of aliphatic hydroxyl groups excluding tert-OH is 1. The van der Waals surface area contributed by atoms with Gasteiger partial charge in [-0.3, -0.25) is 4.79 Å². The maximum absolute atomic E-state index is 10.6. The Morgan fingerprint density at radius 1 is 1.33 bits per heavy atom. The molecule has 0 radical (unpaired) electrons. The second-order valence-corrected chi connectivity index (χ2v) is 2.20. The number of rotatable bonds is 1. The molecule has 0 heterocycles. The fraction of sp³-hybridized carbons (Fsp3) is 0.100. The second kappa shape index (κ2) is 4.32. The summed E-state index contributed by atoms with van der Waals surface area (Å²) >= 11 is 0. The number of hydrogen-bond donors (Lipinski definition) is 1. The molecule has 0 fully saturated rings. The van der Waals surface area contributed by atoms with E-state index in [4.69, 9.17) is 5.11 Å². The minimum atomic E-state index is -0.514. The van der Waals surface area contributed by atoms with E-state index in [1.807, 2.05) is 18.2 Å². The average Bonchev–Trinajstić information content (AvgIpc) is 2.16. The smallest absolute Gasteiger partial charge is 0.231 e. The Kier molecular flexibility index (Phi) is 3.06. The zero-order chi connectivity index (χ0) is 8.81. The van der Waals surface area contributed by atoms with Gasteiger partial charge in [0.15, 0.2) is 0 Å². The Balaban J connectivity index is 2.74. The van der Waals surface area contributed by atoms with E-state index in [1.54, 1.807) is 12.1 Å². The quantitative estimate of drug-likeness (QED) is 0.611. The average molecular weight is 160 g/mol. The number of benzene rings is 1. The van der Waals surface area contributed by atoms with Gasteiger partial charge in [-0.05, 0) is 18.1 Å². The van der Waals surface area contributed by atoms with E-state index in [0.717, 1.165) is 5.56 Å². The molecule has 12 heavy (non-hydrogen) atoms. The van der Waals surface area contributed by atoms with Gasteiger partial charge >= 0.3 is 0 Å². The molecule has 1 N–H and O–H groups in total. The molecule has 1 aromatic carbocycles. The largest absolute Gasteiger partial charge is 0.387 e. The molecule has 0 amide bonds. The van der Waals surface area contributed by atoms with Crippen molar-refractivity contribution in [1.82, 2.24) is 0 Å². The van der Waals surface area contributed by atoms with Crippen LogP contribution in [0.5, 0.6) is 0 Å². The lowest BCUT2D eigenvalue weighted by molar-refractivity contribution is -0.116. The first-order chi connectivity index (χ1) is 5.83. The molecule has 0 aliphatic rings. The van der Waals surface area contributed by atoms with Gasteiger partial charge in [0.1, 0.15) is 6.61 Å². The van der Waals surface area contributed by atoms with E-state index >= 15 is 0 Å². The fourth-order valence-corrected chi connectivity index (χ4v) is 0.703. The molecule has 0 bridgehead atoms. The summed E-state index contributed by atoms with van der Waals surface area (Å²) in [6.07, 6.45) is 0. The van der Waals surface area contributed by atoms with Gasteiger partial charge in [0.25, 0.3) is 0 Å². The Bertz CT molecular complexity index is 317. The molecule has 0 aliphatic carbocycles. The molecule has 1 aromatic rings. The molecule has 0 unspecified atom stereocenters. The highest BCUT2D eigenvalue weighted by molar-refractivity contribution is 5.96. The molecule has 2 nitrogen and oxygen atoms in total. The summed E-state index contributed by atoms with van der Waals surface area (Å²) < 4.78 is 0. The molecule has 0 saturated heterocycles. The van der Waals surface area contributed by atoms with Crippen LogP contribution in [0, 0.1) is 11.8 Å². The summed E-state index contributed by atoms with van der Waals surface area (Å²) in [6, 6.07) is 9.16. The standard InChI is InChI=1S/C10H8O2/c11-8-10(12)7-6-9-4-2-1-3-5-9/h1-5,11H,8H2. The second-order valence-electron chi connectivity index (χ2n) is 2.20. The van der Waals surface area contributed by atoms with Gasteiger partial charge in [-0.25, -0.2) is 0 Å². The zero-order valence-electron chi connectivity index (χ0n) is 6.45. The van der Waals surface area contributed by atoms with Gasteiger partial charge in [0.05, 0.1) is 0 Å². The van der Waals surface area contributed by atoms with E-state index in [1.165, 1.54) is 0 Å². The number of hydrogen-bond acceptors (Lipinski definition) is 2. The topological polar surface area (TPSA) is 37.3 Å². The Morgan fingerprint density at radius 2 is 2.00 bits per heavy atom. The normalized spacial score (nSPS) is 8.42. The number of carbonyl (C=O) groups is 1. The van der Waals surface area contributed by atoms with Crippen molar-refractivity contribution in [2.24, 2.45) is 0 Å². The van der Waals surface area contributed by atoms with Crippen molar-refractivity contribution < 1.29 is 9.90 Å². The Morgan fingerprint density at radius 3 is 2.58 bits per heavy atom. The highest BCUT2D eigenvalue weighted by Crippen LogP contribution is 1.94. The highest BCUT2D eigenvalue weighted by atomic mass is 16.3. The summed E-state index contributed by atoms with van der Waals surface area (Å²) in [6.45, 7) is -0.514. The van der Waals surface area contributed by atoms with Crippen molar-refractivity contribution in [3.05, 3.63) is 35.9 Å². The first kappa shape index (κ1) is 8.51. The maximum Gasteiger partial charge on any atom is 0.231 e. The van der Waals surface area contributed by atoms with Crippen LogP contribution in [0.4, 0.5) is 0 Å². The molecule has 0 spiro atoms. The van der Waals surface area contributed by atoms with Crippen LogP contribution in [0.2, 0.25) is 0 Å². The molecule has 0 aromatic heterocycles. The Hall–Kier alpha value is -1.59. The van der Waals surface area contributed by atoms with Crippen LogP contribution in [-0.4, -0.2) is 17.5 Å². The van der Waals surface area contributed by atoms with E-state index in [-0.39, 0.29) is 0 Å². The number of ketones is 1. The lowest BCUT2D eigenvalue weighted by Gasteiger charge is -1.85. The number of carbonyl (C=O) groups excluding carboxylic acids is 1. The van der Waals surface area contributed by atoms with Gasteiger partial charge in [-0.1, -0.05) is 24.1 Å². The summed E-state index contributed by atoms with van der Waals surface area (Å²) in [4.78, 5) is 10.6. The van der Waals surface area contributed by atoms with E-state index < -0.39 is 12.4 Å². The molecule has 0 aliphatic heterocycles. The van der Waals surface area contributed by atoms with Crippen LogP contribution in [0.25, 0.3) is 0 Å². The van der Waals surface area contributed by atoms with Gasteiger partial charge in [0.2, 0.25) is 5.78 Å². The molecular formula is C10H8O2. The predicted octanol–water partition coefficient (Wildman–Crippen LogP) is 0.599. The minimum absolute atomic E-state index is 0.459. The predicted molar refractivity (Wildman–Crippen MR) is 45.4 cm³/mol. The van der Waals surface area contributed by atoms with Crippen molar-refractivity contribution in [3.8, 4) is 11.8 Å². The lowest BCUT2D eigenvalue weighted by atomic mass is 10.2. The van der Waals surface area contributed by atoms with Crippen molar-refractivity contribution in [3.63, 3.8) is 0 Å². The van der Waals surface area contributed by atoms with Crippen molar-refractivity contribution >= 4 is 5.78 Å². The molecule has 2 heteroatoms. The van der Waals surface area contributed by atoms with Crippen molar-refractivity contribution in [2.75, 3.05) is 6.61 Å². The maximum atomic E-state index is 10.6. The van der Waals surface area contributed by atoms with Crippen LogP contribution in [-0.2, 0) is 4.79 Å². The number of Topliss-reactive ketones (excluding diaryl/α,β-unsaturated/α-hetero) is 1. The van der Waals surface area contributed by atoms with Crippen LogP contribution in [0.1, 0.15) is 5.56 Å². The molecule has 1 rings (SSSR count). The van der Waals surface area contributed by atoms with Crippen molar-refractivity contribution in [2.45, 2.75) is 0 Å². The Labute approximate surface area is 70.8 Å². The third-order valence-corrected chi connectivity index (χ3v) is 1.26. The van der Waals surface area contributed by atoms with Gasteiger partial charge in [-0.2, -0.15) is 0 Å². The molecule has 60 valence electrons. The van der Waals surface area contributed by atoms with Crippen molar-refractivity contribution in [1.29, 1.82) is 0 Å². The van der Waals surface area contributed by atoms with Gasteiger partial charge in [0, 0.05) is 5.56 Å². The fourth-order valence-electron chi connectivity index (χ4n) is 0.703. The molecule has 0 atom stereocenters. The first-order valence-corrected chi connectivity index (χ1v) is 3.53. The monoisotopic (exact) mass is 160 g/mol. The van der Waals surface area contributed by atoms with Crippen LogP contribution >= 0.6 is 0 Å². The zero-order valence-corrected chi connectivity index (χ0v) is 6.45. The van der Waals surface area contributed by atoms with E-state index in [9.17, 15) is 4.79 Å². The van der Waals surface area contributed by atoms with Crippen LogP contribution in [0.15, 0.2) is 30.3 Å². The van der Waals surface area contributed by atoms with Crippen LogP contribution in [0.3, 0.4) is 0 Å². The minimum Gasteiger partial charge on any atom is -0.387 e. The highest BCUT2D eigenvalue weighted by Gasteiger charge is 1.89. The summed E-state index contributed by atoms with van der Waals surface area (Å²) in [7, 11) is 0. The third-order valence-electron chi connectivity index (χ3n) is 1.26. The summed E-state index contributed by atoms with van der Waals surface area (Å²) in [5.74, 6) is 4.49.